The smallest absolute Gasteiger partial charge is 0.234 e. The second-order valence-corrected chi connectivity index (χ2v) is 3.17. The van der Waals surface area contributed by atoms with Gasteiger partial charge in [-0.3, -0.25) is 4.79 Å². The summed E-state index contributed by atoms with van der Waals surface area (Å²) in [5.41, 5.74) is 6.08. The Morgan fingerprint density at radius 1 is 1.50 bits per heavy atom. The quantitative estimate of drug-likeness (QED) is 0.647. The average Bonchev–Trinajstić information content (AvgIpc) is 2.16. The Hall–Kier alpha value is -1.55. The highest BCUT2D eigenvalue weighted by Gasteiger charge is 2.06. The number of rotatable bonds is 4. The van der Waals surface area contributed by atoms with E-state index < -0.39 is 0 Å². The standard InChI is InChI=1S/C10H14N2O2/c1-7(10(11)14)12-6-8-2-4-9(13)5-3-8/h2-5,7,12-13H,6H2,1H3,(H2,11,14). The summed E-state index contributed by atoms with van der Waals surface area (Å²) in [5.74, 6) is -0.138. The molecule has 0 aliphatic carbocycles. The number of nitrogens with one attached hydrogen (secondary N) is 1. The normalized spacial score (nSPS) is 12.4. The van der Waals surface area contributed by atoms with E-state index in [0.717, 1.165) is 5.56 Å². The van der Waals surface area contributed by atoms with E-state index >= 15 is 0 Å². The van der Waals surface area contributed by atoms with Gasteiger partial charge in [0, 0.05) is 6.54 Å². The van der Waals surface area contributed by atoms with Gasteiger partial charge in [0.1, 0.15) is 5.75 Å². The molecule has 0 bridgehead atoms. The minimum atomic E-state index is -0.372. The minimum absolute atomic E-state index is 0.233. The number of phenols is 1. The van der Waals surface area contributed by atoms with Crippen molar-refractivity contribution >= 4 is 5.91 Å². The monoisotopic (exact) mass is 194 g/mol. The molecule has 14 heavy (non-hydrogen) atoms. The van der Waals surface area contributed by atoms with Crippen molar-refractivity contribution in [3.63, 3.8) is 0 Å². The summed E-state index contributed by atoms with van der Waals surface area (Å²) < 4.78 is 0. The number of phenolic OH excluding ortho intramolecular Hbond substituents is 1. The van der Waals surface area contributed by atoms with Crippen LogP contribution in [0.25, 0.3) is 0 Å². The Balaban J connectivity index is 2.46. The van der Waals surface area contributed by atoms with Crippen molar-refractivity contribution in [2.24, 2.45) is 5.73 Å². The number of aromatic hydroxyl groups is 1. The largest absolute Gasteiger partial charge is 0.508 e. The first-order chi connectivity index (χ1) is 6.59. The lowest BCUT2D eigenvalue weighted by Gasteiger charge is -2.09. The second kappa shape index (κ2) is 4.62. The van der Waals surface area contributed by atoms with Crippen molar-refractivity contribution in [1.29, 1.82) is 0 Å². The van der Waals surface area contributed by atoms with Crippen LogP contribution in [-0.4, -0.2) is 17.1 Å². The number of nitrogens with two attached hydrogens (primary N) is 1. The van der Waals surface area contributed by atoms with Gasteiger partial charge in [0.15, 0.2) is 0 Å². The molecule has 1 amide bonds. The molecular formula is C10H14N2O2. The van der Waals surface area contributed by atoms with Crippen LogP contribution in [0.15, 0.2) is 24.3 Å². The van der Waals surface area contributed by atoms with Gasteiger partial charge in [0.05, 0.1) is 6.04 Å². The lowest BCUT2D eigenvalue weighted by molar-refractivity contribution is -0.119. The molecule has 4 heteroatoms. The summed E-state index contributed by atoms with van der Waals surface area (Å²) >= 11 is 0. The zero-order chi connectivity index (χ0) is 10.6. The lowest BCUT2D eigenvalue weighted by atomic mass is 10.2. The van der Waals surface area contributed by atoms with Crippen LogP contribution in [0.1, 0.15) is 12.5 Å². The van der Waals surface area contributed by atoms with Gasteiger partial charge in [-0.25, -0.2) is 0 Å². The third kappa shape index (κ3) is 3.06. The van der Waals surface area contributed by atoms with Gasteiger partial charge in [0.25, 0.3) is 0 Å². The molecule has 1 aromatic carbocycles. The van der Waals surface area contributed by atoms with Gasteiger partial charge in [-0.1, -0.05) is 12.1 Å². The summed E-state index contributed by atoms with van der Waals surface area (Å²) in [6, 6.07) is 6.44. The molecule has 1 rings (SSSR count). The molecule has 1 atom stereocenters. The van der Waals surface area contributed by atoms with Gasteiger partial charge >= 0.3 is 0 Å². The van der Waals surface area contributed by atoms with Gasteiger partial charge in [-0.05, 0) is 24.6 Å². The molecule has 4 N–H and O–H groups in total. The van der Waals surface area contributed by atoms with Gasteiger partial charge < -0.3 is 16.2 Å². The van der Waals surface area contributed by atoms with E-state index in [-0.39, 0.29) is 17.7 Å². The highest BCUT2D eigenvalue weighted by atomic mass is 16.3. The molecule has 0 spiro atoms. The van der Waals surface area contributed by atoms with Crippen LogP contribution in [0.3, 0.4) is 0 Å². The van der Waals surface area contributed by atoms with Crippen LogP contribution in [-0.2, 0) is 11.3 Å². The Bertz CT molecular complexity index is 308. The average molecular weight is 194 g/mol. The zero-order valence-electron chi connectivity index (χ0n) is 8.03. The molecule has 0 radical (unpaired) electrons. The number of primary amides is 1. The van der Waals surface area contributed by atoms with Crippen molar-refractivity contribution in [1.82, 2.24) is 5.32 Å². The fourth-order valence-corrected chi connectivity index (χ4v) is 0.985. The third-order valence-corrected chi connectivity index (χ3v) is 1.98. The first kappa shape index (κ1) is 10.5. The molecule has 76 valence electrons. The number of carbonyl (C=O) groups is 1. The molecule has 0 aliphatic heterocycles. The van der Waals surface area contributed by atoms with E-state index in [4.69, 9.17) is 10.8 Å². The Morgan fingerprint density at radius 2 is 2.07 bits per heavy atom. The maximum Gasteiger partial charge on any atom is 0.234 e. The number of carbonyl (C=O) groups excluding carboxylic acids is 1. The number of hydrogen-bond acceptors (Lipinski definition) is 3. The van der Waals surface area contributed by atoms with Gasteiger partial charge in [-0.15, -0.1) is 0 Å². The van der Waals surface area contributed by atoms with Crippen LogP contribution in [0.2, 0.25) is 0 Å². The van der Waals surface area contributed by atoms with Crippen molar-refractivity contribution < 1.29 is 9.90 Å². The highest BCUT2D eigenvalue weighted by molar-refractivity contribution is 5.79. The van der Waals surface area contributed by atoms with Crippen molar-refractivity contribution in [3.05, 3.63) is 29.8 Å². The third-order valence-electron chi connectivity index (χ3n) is 1.98. The summed E-state index contributed by atoms with van der Waals surface area (Å²) in [4.78, 5) is 10.7. The molecule has 0 saturated heterocycles. The summed E-state index contributed by atoms with van der Waals surface area (Å²) in [7, 11) is 0. The summed E-state index contributed by atoms with van der Waals surface area (Å²) in [6.45, 7) is 2.27. The van der Waals surface area contributed by atoms with E-state index in [1.807, 2.05) is 0 Å². The second-order valence-electron chi connectivity index (χ2n) is 3.17. The Morgan fingerprint density at radius 3 is 2.57 bits per heavy atom. The van der Waals surface area contributed by atoms with Crippen LogP contribution in [0.5, 0.6) is 5.75 Å². The molecule has 0 aliphatic rings. The van der Waals surface area contributed by atoms with Crippen LogP contribution >= 0.6 is 0 Å². The minimum Gasteiger partial charge on any atom is -0.508 e. The fraction of sp³-hybridized carbons (Fsp3) is 0.300. The highest BCUT2D eigenvalue weighted by Crippen LogP contribution is 2.09. The van der Waals surface area contributed by atoms with Crippen molar-refractivity contribution in [3.8, 4) is 5.75 Å². The van der Waals surface area contributed by atoms with Gasteiger partial charge in [-0.2, -0.15) is 0 Å². The molecule has 4 nitrogen and oxygen atoms in total. The number of amides is 1. The van der Waals surface area contributed by atoms with Crippen LogP contribution in [0.4, 0.5) is 0 Å². The maximum atomic E-state index is 10.7. The van der Waals surface area contributed by atoms with E-state index in [1.165, 1.54) is 0 Å². The topological polar surface area (TPSA) is 75.3 Å². The Kier molecular flexibility index (Phi) is 3.48. The predicted octanol–water partition coefficient (Wildman–Crippen LogP) is 0.356. The van der Waals surface area contributed by atoms with E-state index in [0.29, 0.717) is 6.54 Å². The number of benzene rings is 1. The summed E-state index contributed by atoms with van der Waals surface area (Å²) in [6.07, 6.45) is 0. The number of hydrogen-bond donors (Lipinski definition) is 3. The Labute approximate surface area is 82.7 Å². The lowest BCUT2D eigenvalue weighted by Crippen LogP contribution is -2.38. The molecule has 0 saturated carbocycles. The van der Waals surface area contributed by atoms with Gasteiger partial charge in [0.2, 0.25) is 5.91 Å². The first-order valence-corrected chi connectivity index (χ1v) is 4.40. The summed E-state index contributed by atoms with van der Waals surface area (Å²) in [5, 5.41) is 12.0. The van der Waals surface area contributed by atoms with E-state index in [2.05, 4.69) is 5.32 Å². The van der Waals surface area contributed by atoms with E-state index in [1.54, 1.807) is 31.2 Å². The molecule has 1 aromatic rings. The van der Waals surface area contributed by atoms with Crippen molar-refractivity contribution in [2.45, 2.75) is 19.5 Å². The van der Waals surface area contributed by atoms with Crippen LogP contribution < -0.4 is 11.1 Å². The molecular weight excluding hydrogens is 180 g/mol. The van der Waals surface area contributed by atoms with Crippen molar-refractivity contribution in [2.75, 3.05) is 0 Å². The predicted molar refractivity (Wildman–Crippen MR) is 53.6 cm³/mol. The maximum absolute atomic E-state index is 10.7. The molecule has 0 aromatic heterocycles. The molecule has 0 fully saturated rings. The fourth-order valence-electron chi connectivity index (χ4n) is 0.985. The van der Waals surface area contributed by atoms with Crippen LogP contribution in [0, 0.1) is 0 Å². The van der Waals surface area contributed by atoms with E-state index in [9.17, 15) is 4.79 Å². The zero-order valence-corrected chi connectivity index (χ0v) is 8.03. The first-order valence-electron chi connectivity index (χ1n) is 4.40. The molecule has 1 unspecified atom stereocenters. The SMILES string of the molecule is CC(NCc1ccc(O)cc1)C(N)=O. The molecule has 0 heterocycles.